The standard InChI is InChI=1S/C8H13F4NO/c1-5-6(2-3-14-5)13-4-8(11,12)7(9)10/h5-7,13H,2-4H2,1H3. The molecule has 0 saturated carbocycles. The van der Waals surface area contributed by atoms with Gasteiger partial charge in [-0.25, -0.2) is 8.78 Å². The van der Waals surface area contributed by atoms with Crippen LogP contribution >= 0.6 is 0 Å². The Hall–Kier alpha value is -0.360. The van der Waals surface area contributed by atoms with Crippen molar-refractivity contribution < 1.29 is 22.3 Å². The Bertz CT molecular complexity index is 188. The lowest BCUT2D eigenvalue weighted by Crippen LogP contribution is -2.45. The van der Waals surface area contributed by atoms with Gasteiger partial charge in [-0.1, -0.05) is 0 Å². The van der Waals surface area contributed by atoms with E-state index >= 15 is 0 Å². The Morgan fingerprint density at radius 3 is 2.57 bits per heavy atom. The van der Waals surface area contributed by atoms with Gasteiger partial charge in [0.05, 0.1) is 12.6 Å². The summed E-state index contributed by atoms with van der Waals surface area (Å²) in [5, 5.41) is 2.40. The molecule has 1 fully saturated rings. The van der Waals surface area contributed by atoms with Crippen molar-refractivity contribution in [2.24, 2.45) is 0 Å². The molecule has 1 aliphatic heterocycles. The lowest BCUT2D eigenvalue weighted by Gasteiger charge is -2.20. The normalized spacial score (nSPS) is 28.7. The molecule has 6 heteroatoms. The van der Waals surface area contributed by atoms with Crippen LogP contribution in [-0.4, -0.2) is 37.6 Å². The van der Waals surface area contributed by atoms with Crippen molar-refractivity contribution >= 4 is 0 Å². The van der Waals surface area contributed by atoms with Crippen molar-refractivity contribution in [3.63, 3.8) is 0 Å². The van der Waals surface area contributed by atoms with E-state index in [0.29, 0.717) is 13.0 Å². The van der Waals surface area contributed by atoms with Crippen LogP contribution in [0.5, 0.6) is 0 Å². The van der Waals surface area contributed by atoms with E-state index in [1.54, 1.807) is 6.92 Å². The molecule has 0 aromatic rings. The van der Waals surface area contributed by atoms with Crippen molar-refractivity contribution in [2.45, 2.75) is 37.8 Å². The second kappa shape index (κ2) is 4.44. The molecule has 14 heavy (non-hydrogen) atoms. The summed E-state index contributed by atoms with van der Waals surface area (Å²) in [6, 6.07) is -0.250. The van der Waals surface area contributed by atoms with Crippen molar-refractivity contribution in [2.75, 3.05) is 13.2 Å². The van der Waals surface area contributed by atoms with Crippen LogP contribution in [0.1, 0.15) is 13.3 Å². The zero-order valence-corrected chi connectivity index (χ0v) is 7.77. The molecular weight excluding hydrogens is 202 g/mol. The minimum Gasteiger partial charge on any atom is -0.377 e. The number of hydrogen-bond donors (Lipinski definition) is 1. The highest BCUT2D eigenvalue weighted by molar-refractivity contribution is 4.82. The third-order valence-corrected chi connectivity index (χ3v) is 2.30. The van der Waals surface area contributed by atoms with Gasteiger partial charge in [0.1, 0.15) is 0 Å². The quantitative estimate of drug-likeness (QED) is 0.720. The van der Waals surface area contributed by atoms with Crippen molar-refractivity contribution in [3.05, 3.63) is 0 Å². The highest BCUT2D eigenvalue weighted by Crippen LogP contribution is 2.22. The van der Waals surface area contributed by atoms with Gasteiger partial charge >= 0.3 is 12.3 Å². The van der Waals surface area contributed by atoms with Gasteiger partial charge in [0.2, 0.25) is 0 Å². The average molecular weight is 215 g/mol. The van der Waals surface area contributed by atoms with E-state index in [4.69, 9.17) is 4.74 Å². The molecule has 0 aromatic heterocycles. The predicted molar refractivity (Wildman–Crippen MR) is 42.8 cm³/mol. The molecule has 1 rings (SSSR count). The van der Waals surface area contributed by atoms with Gasteiger partial charge in [0.25, 0.3) is 0 Å². The lowest BCUT2D eigenvalue weighted by molar-refractivity contribution is -0.126. The van der Waals surface area contributed by atoms with Crippen LogP contribution in [0.25, 0.3) is 0 Å². The highest BCUT2D eigenvalue weighted by atomic mass is 19.3. The van der Waals surface area contributed by atoms with Gasteiger partial charge in [0.15, 0.2) is 0 Å². The summed E-state index contributed by atoms with van der Waals surface area (Å²) in [6.45, 7) is 1.22. The third-order valence-electron chi connectivity index (χ3n) is 2.30. The molecule has 1 heterocycles. The molecule has 1 aliphatic rings. The number of halogens is 4. The third kappa shape index (κ3) is 2.81. The molecular formula is C8H13F4NO. The molecule has 0 spiro atoms. The van der Waals surface area contributed by atoms with Crippen molar-refractivity contribution in [3.8, 4) is 0 Å². The summed E-state index contributed by atoms with van der Waals surface area (Å²) < 4.78 is 53.6. The topological polar surface area (TPSA) is 21.3 Å². The first-order valence-electron chi connectivity index (χ1n) is 4.44. The maximum atomic E-state index is 12.5. The largest absolute Gasteiger partial charge is 0.377 e. The number of alkyl halides is 4. The second-order valence-electron chi connectivity index (χ2n) is 3.41. The Labute approximate surface area is 79.6 Å². The van der Waals surface area contributed by atoms with Crippen LogP contribution in [0.2, 0.25) is 0 Å². The van der Waals surface area contributed by atoms with Gasteiger partial charge in [-0.05, 0) is 13.3 Å². The summed E-state index contributed by atoms with van der Waals surface area (Å²) >= 11 is 0. The van der Waals surface area contributed by atoms with Crippen molar-refractivity contribution in [1.29, 1.82) is 0 Å². The second-order valence-corrected chi connectivity index (χ2v) is 3.41. The van der Waals surface area contributed by atoms with Gasteiger partial charge in [-0.2, -0.15) is 8.78 Å². The minimum atomic E-state index is -3.96. The van der Waals surface area contributed by atoms with Crippen LogP contribution in [0, 0.1) is 0 Å². The molecule has 1 saturated heterocycles. The monoisotopic (exact) mass is 215 g/mol. The maximum absolute atomic E-state index is 12.5. The predicted octanol–water partition coefficient (Wildman–Crippen LogP) is 1.65. The molecule has 2 atom stereocenters. The van der Waals surface area contributed by atoms with E-state index in [1.165, 1.54) is 0 Å². The van der Waals surface area contributed by atoms with Crippen LogP contribution in [-0.2, 0) is 4.74 Å². The fourth-order valence-corrected chi connectivity index (χ4v) is 1.34. The van der Waals surface area contributed by atoms with E-state index in [9.17, 15) is 17.6 Å². The minimum absolute atomic E-state index is 0.191. The maximum Gasteiger partial charge on any atom is 0.319 e. The van der Waals surface area contributed by atoms with Crippen LogP contribution in [0.3, 0.4) is 0 Å². The van der Waals surface area contributed by atoms with E-state index in [-0.39, 0.29) is 12.1 Å². The first kappa shape index (κ1) is 11.7. The first-order chi connectivity index (χ1) is 6.43. The summed E-state index contributed by atoms with van der Waals surface area (Å²) in [5.41, 5.74) is 0. The Morgan fingerprint density at radius 1 is 1.50 bits per heavy atom. The Morgan fingerprint density at radius 2 is 2.14 bits per heavy atom. The number of nitrogens with one attached hydrogen (secondary N) is 1. The fourth-order valence-electron chi connectivity index (χ4n) is 1.34. The number of ether oxygens (including phenoxy) is 1. The molecule has 2 unspecified atom stereocenters. The van der Waals surface area contributed by atoms with Gasteiger partial charge in [0, 0.05) is 12.6 Å². The SMILES string of the molecule is CC1OCCC1NCC(F)(F)C(F)F. The van der Waals surface area contributed by atoms with E-state index in [0.717, 1.165) is 0 Å². The summed E-state index contributed by atoms with van der Waals surface area (Å²) in [5.74, 6) is -3.96. The lowest BCUT2D eigenvalue weighted by atomic mass is 10.1. The summed E-state index contributed by atoms with van der Waals surface area (Å²) in [4.78, 5) is 0. The molecule has 0 radical (unpaired) electrons. The zero-order chi connectivity index (χ0) is 10.8. The van der Waals surface area contributed by atoms with Crippen LogP contribution in [0.15, 0.2) is 0 Å². The molecule has 0 amide bonds. The number of rotatable bonds is 4. The first-order valence-corrected chi connectivity index (χ1v) is 4.44. The Kier molecular flexibility index (Phi) is 3.71. The Balaban J connectivity index is 2.32. The van der Waals surface area contributed by atoms with Crippen LogP contribution < -0.4 is 5.32 Å². The average Bonchev–Trinajstić information content (AvgIpc) is 2.47. The van der Waals surface area contributed by atoms with Crippen molar-refractivity contribution in [1.82, 2.24) is 5.32 Å². The molecule has 0 aromatic carbocycles. The highest BCUT2D eigenvalue weighted by Gasteiger charge is 2.41. The molecule has 0 bridgehead atoms. The van der Waals surface area contributed by atoms with Gasteiger partial charge in [-0.3, -0.25) is 0 Å². The zero-order valence-electron chi connectivity index (χ0n) is 7.77. The molecule has 1 N–H and O–H groups in total. The molecule has 0 aliphatic carbocycles. The summed E-state index contributed by atoms with van der Waals surface area (Å²) in [7, 11) is 0. The summed E-state index contributed by atoms with van der Waals surface area (Å²) in [6.07, 6.45) is -3.23. The fraction of sp³-hybridized carbons (Fsp3) is 1.00. The van der Waals surface area contributed by atoms with E-state index in [2.05, 4.69) is 5.32 Å². The van der Waals surface area contributed by atoms with E-state index in [1.807, 2.05) is 0 Å². The number of hydrogen-bond acceptors (Lipinski definition) is 2. The van der Waals surface area contributed by atoms with E-state index < -0.39 is 18.9 Å². The van der Waals surface area contributed by atoms with Gasteiger partial charge in [-0.15, -0.1) is 0 Å². The molecule has 2 nitrogen and oxygen atoms in total. The molecule has 84 valence electrons. The van der Waals surface area contributed by atoms with Crippen LogP contribution in [0.4, 0.5) is 17.6 Å². The smallest absolute Gasteiger partial charge is 0.319 e. The van der Waals surface area contributed by atoms with Gasteiger partial charge < -0.3 is 10.1 Å².